The minimum absolute atomic E-state index is 0.0498. The van der Waals surface area contributed by atoms with Crippen LogP contribution in [0.4, 0.5) is 26.3 Å². The van der Waals surface area contributed by atoms with Crippen LogP contribution in [0, 0.1) is 0 Å². The number of rotatable bonds is 7. The van der Waals surface area contributed by atoms with Crippen LogP contribution in [0.25, 0.3) is 0 Å². The van der Waals surface area contributed by atoms with Gasteiger partial charge in [0.1, 0.15) is 0 Å². The van der Waals surface area contributed by atoms with Crippen molar-refractivity contribution in [3.63, 3.8) is 0 Å². The molecule has 1 saturated carbocycles. The van der Waals surface area contributed by atoms with Crippen molar-refractivity contribution in [1.29, 1.82) is 0 Å². The predicted octanol–water partition coefficient (Wildman–Crippen LogP) is 5.76. The van der Waals surface area contributed by atoms with Crippen molar-refractivity contribution >= 4 is 5.91 Å². The second-order valence-electron chi connectivity index (χ2n) is 9.74. The summed E-state index contributed by atoms with van der Waals surface area (Å²) in [7, 11) is 0. The standard InChI is InChI=1S/C25H28F6N2O2/c1-15(16-9-18(24(26,27)28)11-19(10-16)25(29,30)31)35-14-23(17-7-5-4-6-8-17)12-20(13-23)33-21(34)22(2,3)32/h4-11,15,20H,12-14,32H2,1-3H3,(H,33,34). The fraction of sp³-hybridized carbons (Fsp3) is 0.480. The highest BCUT2D eigenvalue weighted by atomic mass is 19.4. The normalized spacial score (nSPS) is 21.8. The molecule has 10 heteroatoms. The van der Waals surface area contributed by atoms with E-state index in [2.05, 4.69) is 5.32 Å². The number of halogens is 6. The maximum atomic E-state index is 13.2. The van der Waals surface area contributed by atoms with Gasteiger partial charge in [-0.05, 0) is 62.9 Å². The maximum Gasteiger partial charge on any atom is 0.416 e. The minimum atomic E-state index is -4.93. The molecule has 1 aliphatic rings. The van der Waals surface area contributed by atoms with Gasteiger partial charge in [-0.15, -0.1) is 0 Å². The van der Waals surface area contributed by atoms with Crippen molar-refractivity contribution in [2.24, 2.45) is 5.73 Å². The molecule has 1 atom stereocenters. The molecular weight excluding hydrogens is 474 g/mol. The second kappa shape index (κ2) is 9.46. The molecule has 0 saturated heterocycles. The Morgan fingerprint density at radius 2 is 1.54 bits per heavy atom. The number of benzene rings is 2. The first-order valence-electron chi connectivity index (χ1n) is 11.1. The summed E-state index contributed by atoms with van der Waals surface area (Å²) in [6, 6.07) is 10.5. The lowest BCUT2D eigenvalue weighted by atomic mass is 9.62. The Morgan fingerprint density at radius 1 is 1.03 bits per heavy atom. The van der Waals surface area contributed by atoms with E-state index >= 15 is 0 Å². The summed E-state index contributed by atoms with van der Waals surface area (Å²) in [4.78, 5) is 12.2. The van der Waals surface area contributed by atoms with Crippen molar-refractivity contribution in [3.05, 3.63) is 70.8 Å². The quantitative estimate of drug-likeness (QED) is 0.474. The highest BCUT2D eigenvalue weighted by Gasteiger charge is 2.47. The molecule has 0 aromatic heterocycles. The lowest BCUT2D eigenvalue weighted by Gasteiger charge is -2.49. The van der Waals surface area contributed by atoms with Crippen LogP contribution in [0.2, 0.25) is 0 Å². The molecule has 3 N–H and O–H groups in total. The zero-order chi connectivity index (χ0) is 26.2. The smallest absolute Gasteiger partial charge is 0.373 e. The maximum absolute atomic E-state index is 13.2. The lowest BCUT2D eigenvalue weighted by molar-refractivity contribution is -0.143. The topological polar surface area (TPSA) is 64.3 Å². The Morgan fingerprint density at radius 3 is 2.00 bits per heavy atom. The number of hydrogen-bond donors (Lipinski definition) is 2. The van der Waals surface area contributed by atoms with Gasteiger partial charge in [0.25, 0.3) is 0 Å². The molecule has 1 fully saturated rings. The van der Waals surface area contributed by atoms with Crippen LogP contribution in [-0.4, -0.2) is 24.1 Å². The Bertz CT molecular complexity index is 1010. The van der Waals surface area contributed by atoms with Crippen LogP contribution in [0.15, 0.2) is 48.5 Å². The summed E-state index contributed by atoms with van der Waals surface area (Å²) >= 11 is 0. The first-order chi connectivity index (χ1) is 16.0. The molecule has 4 nitrogen and oxygen atoms in total. The van der Waals surface area contributed by atoms with Gasteiger partial charge in [0, 0.05) is 11.5 Å². The average molecular weight is 502 g/mol. The van der Waals surface area contributed by atoms with Gasteiger partial charge in [-0.1, -0.05) is 30.3 Å². The molecule has 0 aliphatic heterocycles. The van der Waals surface area contributed by atoms with Crippen molar-refractivity contribution in [2.75, 3.05) is 6.61 Å². The number of hydrogen-bond acceptors (Lipinski definition) is 3. The number of ether oxygens (including phenoxy) is 1. The third-order valence-electron chi connectivity index (χ3n) is 6.27. The van der Waals surface area contributed by atoms with Gasteiger partial charge in [-0.2, -0.15) is 26.3 Å². The number of carbonyl (C=O) groups is 1. The fourth-order valence-electron chi connectivity index (χ4n) is 4.18. The highest BCUT2D eigenvalue weighted by molar-refractivity contribution is 5.85. The van der Waals surface area contributed by atoms with E-state index in [1.165, 1.54) is 6.92 Å². The van der Waals surface area contributed by atoms with Crippen LogP contribution >= 0.6 is 0 Å². The van der Waals surface area contributed by atoms with Gasteiger partial charge < -0.3 is 15.8 Å². The van der Waals surface area contributed by atoms with Gasteiger partial charge in [0.05, 0.1) is 29.4 Å². The molecule has 1 amide bonds. The number of carbonyl (C=O) groups excluding carboxylic acids is 1. The fourth-order valence-corrected chi connectivity index (χ4v) is 4.18. The molecule has 1 unspecified atom stereocenters. The molecule has 2 aromatic rings. The first kappa shape index (κ1) is 27.0. The van der Waals surface area contributed by atoms with E-state index in [1.807, 2.05) is 30.3 Å². The number of nitrogens with one attached hydrogen (secondary N) is 1. The molecule has 3 rings (SSSR count). The summed E-state index contributed by atoms with van der Waals surface area (Å²) < 4.78 is 85.3. The highest BCUT2D eigenvalue weighted by Crippen LogP contribution is 2.45. The van der Waals surface area contributed by atoms with Gasteiger partial charge >= 0.3 is 12.4 Å². The Labute approximate surface area is 199 Å². The van der Waals surface area contributed by atoms with E-state index in [0.717, 1.165) is 5.56 Å². The number of nitrogens with two attached hydrogens (primary N) is 1. The van der Waals surface area contributed by atoms with Crippen molar-refractivity contribution in [3.8, 4) is 0 Å². The minimum Gasteiger partial charge on any atom is -0.373 e. The third kappa shape index (κ3) is 6.35. The lowest BCUT2D eigenvalue weighted by Crippen LogP contribution is -2.60. The molecule has 0 bridgehead atoms. The van der Waals surface area contributed by atoms with Crippen LogP contribution < -0.4 is 11.1 Å². The Hall–Kier alpha value is -2.59. The molecule has 35 heavy (non-hydrogen) atoms. The average Bonchev–Trinajstić information content (AvgIpc) is 2.73. The number of alkyl halides is 6. The van der Waals surface area contributed by atoms with Crippen molar-refractivity contribution in [2.45, 2.75) is 69.1 Å². The molecule has 0 radical (unpaired) electrons. The van der Waals surface area contributed by atoms with E-state index < -0.39 is 40.5 Å². The van der Waals surface area contributed by atoms with Crippen molar-refractivity contribution < 1.29 is 35.9 Å². The van der Waals surface area contributed by atoms with E-state index in [-0.39, 0.29) is 30.2 Å². The van der Waals surface area contributed by atoms with Gasteiger partial charge in [-0.3, -0.25) is 4.79 Å². The van der Waals surface area contributed by atoms with Crippen LogP contribution in [0.3, 0.4) is 0 Å². The van der Waals surface area contributed by atoms with E-state index in [4.69, 9.17) is 10.5 Å². The monoisotopic (exact) mass is 502 g/mol. The molecule has 0 heterocycles. The second-order valence-corrected chi connectivity index (χ2v) is 9.74. The summed E-state index contributed by atoms with van der Waals surface area (Å²) in [5.74, 6) is -0.318. The van der Waals surface area contributed by atoms with Crippen molar-refractivity contribution in [1.82, 2.24) is 5.32 Å². The largest absolute Gasteiger partial charge is 0.416 e. The van der Waals surface area contributed by atoms with Gasteiger partial charge in [0.15, 0.2) is 0 Å². The van der Waals surface area contributed by atoms with Gasteiger partial charge in [-0.25, -0.2) is 0 Å². The summed E-state index contributed by atoms with van der Waals surface area (Å²) in [5.41, 5.74) is 2.14. The first-order valence-corrected chi connectivity index (χ1v) is 11.1. The molecular formula is C25H28F6N2O2. The van der Waals surface area contributed by atoms with E-state index in [0.29, 0.717) is 25.0 Å². The zero-order valence-corrected chi connectivity index (χ0v) is 19.6. The van der Waals surface area contributed by atoms with E-state index in [1.54, 1.807) is 13.8 Å². The molecule has 0 spiro atoms. The SMILES string of the molecule is CC(OCC1(c2ccccc2)CC(NC(=O)C(C)(C)N)C1)c1cc(C(F)(F)F)cc(C(F)(F)F)c1. The summed E-state index contributed by atoms with van der Waals surface area (Å²) in [5, 5.41) is 2.88. The van der Waals surface area contributed by atoms with Crippen LogP contribution in [-0.2, 0) is 27.3 Å². The third-order valence-corrected chi connectivity index (χ3v) is 6.27. The van der Waals surface area contributed by atoms with Crippen LogP contribution in [0.5, 0.6) is 0 Å². The molecule has 1 aliphatic carbocycles. The van der Waals surface area contributed by atoms with Gasteiger partial charge in [0.2, 0.25) is 5.91 Å². The summed E-state index contributed by atoms with van der Waals surface area (Å²) in [6.45, 7) is 4.64. The number of amides is 1. The van der Waals surface area contributed by atoms with Crippen LogP contribution in [0.1, 0.15) is 62.0 Å². The Kier molecular flexibility index (Phi) is 7.30. The molecule has 192 valence electrons. The zero-order valence-electron chi connectivity index (χ0n) is 19.6. The molecule has 2 aromatic carbocycles. The Balaban J connectivity index is 1.81. The predicted molar refractivity (Wildman–Crippen MR) is 118 cm³/mol. The summed E-state index contributed by atoms with van der Waals surface area (Å²) in [6.07, 6.45) is -9.92. The van der Waals surface area contributed by atoms with E-state index in [9.17, 15) is 31.1 Å².